The number of aromatic nitrogens is 3. The minimum Gasteiger partial charge on any atom is -0.361 e. The summed E-state index contributed by atoms with van der Waals surface area (Å²) in [6.07, 6.45) is 13.7. The molecule has 3 aliphatic rings. The van der Waals surface area contributed by atoms with Gasteiger partial charge in [-0.2, -0.15) is 0 Å². The molecule has 0 spiro atoms. The summed E-state index contributed by atoms with van der Waals surface area (Å²) in [6.45, 7) is 0. The third kappa shape index (κ3) is 8.37. The first-order valence-electron chi connectivity index (χ1n) is 32.1. The first-order valence-corrected chi connectivity index (χ1v) is 32.1. The highest BCUT2D eigenvalue weighted by Crippen LogP contribution is 2.59. The van der Waals surface area contributed by atoms with Crippen LogP contribution in [0.4, 0.5) is 0 Å². The van der Waals surface area contributed by atoms with E-state index in [1.807, 2.05) is 0 Å². The van der Waals surface area contributed by atoms with Crippen LogP contribution in [-0.2, 0) is 0 Å². The molecule has 0 aliphatic heterocycles. The smallest absolute Gasteiger partial charge is 0.0460 e. The summed E-state index contributed by atoms with van der Waals surface area (Å²) in [5, 5.41) is 3.60. The molecule has 0 bridgehead atoms. The van der Waals surface area contributed by atoms with Crippen molar-refractivity contribution in [3.8, 4) is 100 Å². The van der Waals surface area contributed by atoms with E-state index in [-0.39, 0.29) is 0 Å². The summed E-state index contributed by atoms with van der Waals surface area (Å²) in [5.74, 6) is 0. The van der Waals surface area contributed by atoms with Crippen molar-refractivity contribution in [1.29, 1.82) is 0 Å². The monoisotopic (exact) mass is 1180 g/mol. The van der Waals surface area contributed by atoms with Crippen LogP contribution < -0.4 is 0 Å². The van der Waals surface area contributed by atoms with Crippen molar-refractivity contribution in [3.63, 3.8) is 0 Å². The zero-order valence-electron chi connectivity index (χ0n) is 50.7. The minimum atomic E-state index is 1.12. The van der Waals surface area contributed by atoms with Gasteiger partial charge < -0.3 is 15.0 Å². The van der Waals surface area contributed by atoms with Crippen molar-refractivity contribution in [2.24, 2.45) is 0 Å². The van der Waals surface area contributed by atoms with Crippen molar-refractivity contribution in [3.05, 3.63) is 360 Å². The Morgan fingerprint density at radius 2 is 0.419 bits per heavy atom. The number of para-hydroxylation sites is 3. The molecule has 0 fully saturated rings. The molecule has 3 N–H and O–H groups in total. The number of hydrogen-bond acceptors (Lipinski definition) is 0. The maximum Gasteiger partial charge on any atom is 0.0460 e. The molecule has 0 saturated heterocycles. The molecule has 0 radical (unpaired) electrons. The molecule has 3 heteroatoms. The van der Waals surface area contributed by atoms with E-state index < -0.39 is 0 Å². The van der Waals surface area contributed by atoms with Crippen LogP contribution in [0.5, 0.6) is 0 Å². The van der Waals surface area contributed by atoms with Crippen molar-refractivity contribution in [1.82, 2.24) is 15.0 Å². The second-order valence-electron chi connectivity index (χ2n) is 24.8. The lowest BCUT2D eigenvalue weighted by Crippen LogP contribution is -2.03. The van der Waals surface area contributed by atoms with Gasteiger partial charge >= 0.3 is 0 Å². The van der Waals surface area contributed by atoms with Crippen molar-refractivity contribution in [2.75, 3.05) is 0 Å². The summed E-state index contributed by atoms with van der Waals surface area (Å²) in [7, 11) is 0. The molecule has 3 aromatic heterocycles. The average molecular weight is 1180 g/mol. The summed E-state index contributed by atoms with van der Waals surface area (Å²) in [6, 6.07) is 108. The standard InChI is InChI=1S/C90H57N3/c1-4-22-55(23-5-1)85-88(58-40-43-73-67-31-10-13-34-70(67)79(76(73)46-58)49-61-52-91-82-37-19-16-28-64(61)82)86(56-24-6-2-7-25-56)90(60-42-45-75-69-33-12-15-36-72(69)81(78(75)48-60)51-63-54-93-84-39-21-18-30-66(63)84)87(57-26-8-3-9-27-57)89(85)59-41-44-74-68-32-11-14-35-71(68)80(77(74)47-59)50-62-53-92-83-38-20-17-29-65(62)83/h1-54,91-93H/b79-49+,80-50+,81-51+. The van der Waals surface area contributed by atoms with E-state index in [4.69, 9.17) is 0 Å². The first kappa shape index (κ1) is 52.6. The van der Waals surface area contributed by atoms with Crippen LogP contribution >= 0.6 is 0 Å². The second kappa shape index (κ2) is 21.2. The van der Waals surface area contributed by atoms with Gasteiger partial charge in [-0.25, -0.2) is 0 Å². The maximum atomic E-state index is 3.59. The molecule has 16 aromatic rings. The largest absolute Gasteiger partial charge is 0.361 e. The van der Waals surface area contributed by atoms with E-state index >= 15 is 0 Å². The second-order valence-corrected chi connectivity index (χ2v) is 24.8. The van der Waals surface area contributed by atoms with Gasteiger partial charge in [0, 0.05) is 68.0 Å². The van der Waals surface area contributed by atoms with Gasteiger partial charge in [-0.15, -0.1) is 0 Å². The van der Waals surface area contributed by atoms with E-state index in [9.17, 15) is 0 Å². The van der Waals surface area contributed by atoms with E-state index in [0.717, 1.165) is 66.6 Å². The van der Waals surface area contributed by atoms with Crippen LogP contribution in [0, 0.1) is 0 Å². The number of aromatic amines is 3. The number of H-pyrrole nitrogens is 3. The Kier molecular flexibility index (Phi) is 12.0. The van der Waals surface area contributed by atoms with Crippen LogP contribution in [0.15, 0.2) is 310 Å². The molecule has 3 nitrogen and oxygen atoms in total. The fourth-order valence-corrected chi connectivity index (χ4v) is 15.6. The SMILES string of the molecule is C(=C1/c2ccccc2-c2ccc(-c3c(-c4ccccc4)c(-c4ccc5c(c4)/C(=C/c4c[nH]c6ccccc46)c4ccccc4-5)c(-c4ccccc4)c(-c4ccc5c(c4)/C(=C/c4c[nH]c6ccccc46)c4ccccc4-5)c3-c3ccccc3)cc21)/c1c[nH]c2ccccc12. The molecule has 0 amide bonds. The van der Waals surface area contributed by atoms with Gasteiger partial charge in [0.05, 0.1) is 0 Å². The van der Waals surface area contributed by atoms with Gasteiger partial charge in [0.1, 0.15) is 0 Å². The lowest BCUT2D eigenvalue weighted by Gasteiger charge is -2.29. The van der Waals surface area contributed by atoms with Crippen molar-refractivity contribution < 1.29 is 0 Å². The number of rotatable bonds is 9. The molecule has 432 valence electrons. The predicted octanol–water partition coefficient (Wildman–Crippen LogP) is 23.8. The van der Waals surface area contributed by atoms with Gasteiger partial charge in [-0.1, -0.05) is 255 Å². The predicted molar refractivity (Wildman–Crippen MR) is 391 cm³/mol. The van der Waals surface area contributed by atoms with E-state index in [1.165, 1.54) is 133 Å². The molecule has 19 rings (SSSR count). The van der Waals surface area contributed by atoms with E-state index in [0.29, 0.717) is 0 Å². The third-order valence-electron chi connectivity index (χ3n) is 19.8. The lowest BCUT2D eigenvalue weighted by molar-refractivity contribution is 1.47. The molecular weight excluding hydrogens is 1120 g/mol. The zero-order chi connectivity index (χ0) is 61.1. The molecule has 0 unspecified atom stereocenters. The Bertz CT molecular complexity index is 5250. The highest BCUT2D eigenvalue weighted by Gasteiger charge is 2.34. The fraction of sp³-hybridized carbons (Fsp3) is 0. The van der Waals surface area contributed by atoms with Crippen LogP contribution in [0.2, 0.25) is 0 Å². The van der Waals surface area contributed by atoms with Crippen molar-refractivity contribution >= 4 is 67.7 Å². The zero-order valence-corrected chi connectivity index (χ0v) is 50.7. The molecule has 3 heterocycles. The van der Waals surface area contributed by atoms with Gasteiger partial charge in [0.2, 0.25) is 0 Å². The Balaban J connectivity index is 0.962. The van der Waals surface area contributed by atoms with Crippen LogP contribution in [-0.4, -0.2) is 15.0 Å². The molecule has 0 saturated carbocycles. The van der Waals surface area contributed by atoms with Gasteiger partial charge in [-0.05, 0) is 205 Å². The Morgan fingerprint density at radius 1 is 0.183 bits per heavy atom. The summed E-state index contributed by atoms with van der Waals surface area (Å²) < 4.78 is 0. The highest BCUT2D eigenvalue weighted by atomic mass is 14.7. The van der Waals surface area contributed by atoms with Crippen LogP contribution in [0.3, 0.4) is 0 Å². The van der Waals surface area contributed by atoms with Crippen LogP contribution in [0.1, 0.15) is 50.1 Å². The normalized spacial score (nSPS) is 13.9. The van der Waals surface area contributed by atoms with Gasteiger partial charge in [0.15, 0.2) is 0 Å². The fourth-order valence-electron chi connectivity index (χ4n) is 15.6. The molecule has 93 heavy (non-hydrogen) atoms. The van der Waals surface area contributed by atoms with E-state index in [1.54, 1.807) is 0 Å². The number of nitrogens with one attached hydrogen (secondary N) is 3. The molecule has 13 aromatic carbocycles. The van der Waals surface area contributed by atoms with Crippen molar-refractivity contribution in [2.45, 2.75) is 0 Å². The summed E-state index contributed by atoms with van der Waals surface area (Å²) >= 11 is 0. The minimum absolute atomic E-state index is 1.12. The molecule has 0 atom stereocenters. The van der Waals surface area contributed by atoms with E-state index in [2.05, 4.69) is 343 Å². The van der Waals surface area contributed by atoms with Crippen LogP contribution in [0.25, 0.3) is 168 Å². The molecule has 3 aliphatic carbocycles. The lowest BCUT2D eigenvalue weighted by atomic mass is 9.73. The Morgan fingerprint density at radius 3 is 0.720 bits per heavy atom. The number of hydrogen-bond donors (Lipinski definition) is 3. The quantitative estimate of drug-likeness (QED) is 0.129. The van der Waals surface area contributed by atoms with Gasteiger partial charge in [0.25, 0.3) is 0 Å². The molecular formula is C90H57N3. The summed E-state index contributed by atoms with van der Waals surface area (Å²) in [5.41, 5.74) is 39.0. The average Bonchev–Trinajstić information content (AvgIpc) is 1.25. The number of fused-ring (bicyclic) bond motifs is 12. The van der Waals surface area contributed by atoms with Gasteiger partial charge in [-0.3, -0.25) is 0 Å². The number of benzene rings is 13. The summed E-state index contributed by atoms with van der Waals surface area (Å²) in [4.78, 5) is 10.8. The topological polar surface area (TPSA) is 47.4 Å². The highest BCUT2D eigenvalue weighted by molar-refractivity contribution is 6.19. The Labute approximate surface area is 539 Å². The third-order valence-corrected chi connectivity index (χ3v) is 19.8. The first-order chi connectivity index (χ1) is 46.1. The maximum absolute atomic E-state index is 3.59. The Hall–Kier alpha value is -12.3.